The Hall–Kier alpha value is -0.940. The van der Waals surface area contributed by atoms with Crippen LogP contribution in [-0.2, 0) is 5.75 Å². The van der Waals surface area contributed by atoms with Gasteiger partial charge in [-0.3, -0.25) is 4.79 Å². The highest BCUT2D eigenvalue weighted by Crippen LogP contribution is 2.21. The van der Waals surface area contributed by atoms with Crippen molar-refractivity contribution in [2.45, 2.75) is 37.2 Å². The molecule has 0 radical (unpaired) electrons. The monoisotopic (exact) mass is 282 g/mol. The van der Waals surface area contributed by atoms with E-state index in [0.717, 1.165) is 31.0 Å². The Morgan fingerprint density at radius 2 is 2.42 bits per heavy atom. The highest BCUT2D eigenvalue weighted by Gasteiger charge is 2.13. The summed E-state index contributed by atoms with van der Waals surface area (Å²) in [6, 6.07) is 1.66. The average molecular weight is 282 g/mol. The Labute approximate surface area is 118 Å². The predicted molar refractivity (Wildman–Crippen MR) is 80.0 cm³/mol. The molecule has 1 fully saturated rings. The highest BCUT2D eigenvalue weighted by molar-refractivity contribution is 7.99. The maximum absolute atomic E-state index is 11.8. The van der Waals surface area contributed by atoms with Crippen molar-refractivity contribution < 1.29 is 4.74 Å². The third-order valence-corrected chi connectivity index (χ3v) is 4.48. The Morgan fingerprint density at radius 1 is 1.53 bits per heavy atom. The number of hydrogen-bond acceptors (Lipinski definition) is 4. The molecular weight excluding hydrogens is 260 g/mol. The average Bonchev–Trinajstić information content (AvgIpc) is 2.45. The van der Waals surface area contributed by atoms with Crippen LogP contribution in [0.3, 0.4) is 0 Å². The number of hydrogen-bond donors (Lipinski definition) is 2. The fourth-order valence-corrected chi connectivity index (χ4v) is 3.23. The van der Waals surface area contributed by atoms with Crippen molar-refractivity contribution >= 4 is 11.8 Å². The minimum atomic E-state index is -0.0235. The minimum Gasteiger partial charge on any atom is -0.488 e. The molecule has 0 bridgehead atoms. The van der Waals surface area contributed by atoms with Gasteiger partial charge in [0.25, 0.3) is 0 Å². The second kappa shape index (κ2) is 7.60. The molecule has 0 aromatic carbocycles. The number of thioether (sulfide) groups is 1. The maximum Gasteiger partial charge on any atom is 0.223 e. The van der Waals surface area contributed by atoms with Gasteiger partial charge in [-0.2, -0.15) is 11.8 Å². The molecule has 2 N–H and O–H groups in total. The molecule has 0 saturated carbocycles. The number of piperidine rings is 1. The van der Waals surface area contributed by atoms with Gasteiger partial charge in [-0.15, -0.1) is 0 Å². The summed E-state index contributed by atoms with van der Waals surface area (Å²) in [5, 5.41) is 4.06. The topological polar surface area (TPSA) is 54.1 Å². The van der Waals surface area contributed by atoms with Crippen molar-refractivity contribution in [3.63, 3.8) is 0 Å². The van der Waals surface area contributed by atoms with E-state index in [1.54, 1.807) is 12.3 Å². The van der Waals surface area contributed by atoms with Crippen LogP contribution in [0.2, 0.25) is 0 Å². The van der Waals surface area contributed by atoms with Gasteiger partial charge in [0.1, 0.15) is 0 Å². The number of ether oxygens (including phenoxy) is 1. The normalized spacial score (nSPS) is 19.3. The molecule has 0 aliphatic carbocycles. The molecule has 2 heterocycles. The van der Waals surface area contributed by atoms with Gasteiger partial charge >= 0.3 is 0 Å². The molecule has 19 heavy (non-hydrogen) atoms. The Bertz CT molecular complexity index is 441. The lowest BCUT2D eigenvalue weighted by molar-refractivity contribution is 0.313. The third kappa shape index (κ3) is 4.58. The molecule has 106 valence electrons. The first-order valence-corrected chi connectivity index (χ1v) is 8.01. The van der Waals surface area contributed by atoms with Gasteiger partial charge in [0.2, 0.25) is 5.43 Å². The SMILES string of the molecule is CCCOc1c[nH]c(CSC2CCCNC2)cc1=O. The predicted octanol–water partition coefficient (Wildman–Crippen LogP) is 2.15. The van der Waals surface area contributed by atoms with E-state index in [2.05, 4.69) is 10.3 Å². The molecule has 0 spiro atoms. The lowest BCUT2D eigenvalue weighted by Gasteiger charge is -2.22. The Balaban J connectivity index is 1.86. The zero-order chi connectivity index (χ0) is 13.5. The molecule has 1 aliphatic rings. The van der Waals surface area contributed by atoms with Gasteiger partial charge in [-0.25, -0.2) is 0 Å². The van der Waals surface area contributed by atoms with Crippen LogP contribution in [0.1, 0.15) is 31.9 Å². The number of rotatable bonds is 6. The van der Waals surface area contributed by atoms with Crippen LogP contribution in [0.4, 0.5) is 0 Å². The fourth-order valence-electron chi connectivity index (χ4n) is 2.08. The van der Waals surface area contributed by atoms with E-state index in [-0.39, 0.29) is 5.43 Å². The van der Waals surface area contributed by atoms with Gasteiger partial charge < -0.3 is 15.0 Å². The molecule has 1 aromatic heterocycles. The number of aromatic amines is 1. The van der Waals surface area contributed by atoms with Gasteiger partial charge in [0, 0.05) is 35.5 Å². The highest BCUT2D eigenvalue weighted by atomic mass is 32.2. The van der Waals surface area contributed by atoms with E-state index < -0.39 is 0 Å². The zero-order valence-corrected chi connectivity index (χ0v) is 12.2. The molecule has 4 nitrogen and oxygen atoms in total. The van der Waals surface area contributed by atoms with Crippen LogP contribution in [0.25, 0.3) is 0 Å². The Kier molecular flexibility index (Phi) is 5.79. The molecule has 1 atom stereocenters. The van der Waals surface area contributed by atoms with Crippen LogP contribution in [0, 0.1) is 0 Å². The maximum atomic E-state index is 11.8. The van der Waals surface area contributed by atoms with Crippen molar-refractivity contribution in [2.75, 3.05) is 19.7 Å². The minimum absolute atomic E-state index is 0.0235. The molecule has 1 unspecified atom stereocenters. The van der Waals surface area contributed by atoms with Crippen LogP contribution >= 0.6 is 11.8 Å². The van der Waals surface area contributed by atoms with Crippen molar-refractivity contribution in [3.05, 3.63) is 28.2 Å². The summed E-state index contributed by atoms with van der Waals surface area (Å²) < 4.78 is 5.37. The van der Waals surface area contributed by atoms with Crippen LogP contribution < -0.4 is 15.5 Å². The number of pyridine rings is 1. The van der Waals surface area contributed by atoms with Gasteiger partial charge in [-0.05, 0) is 25.8 Å². The molecular formula is C14H22N2O2S. The fraction of sp³-hybridized carbons (Fsp3) is 0.643. The third-order valence-electron chi connectivity index (χ3n) is 3.12. The summed E-state index contributed by atoms with van der Waals surface area (Å²) in [5.41, 5.74) is 0.953. The summed E-state index contributed by atoms with van der Waals surface area (Å²) in [6.45, 7) is 4.83. The number of aromatic nitrogens is 1. The first-order chi connectivity index (χ1) is 9.29. The van der Waals surface area contributed by atoms with Crippen LogP contribution in [0.5, 0.6) is 5.75 Å². The van der Waals surface area contributed by atoms with Crippen molar-refractivity contribution in [3.8, 4) is 5.75 Å². The summed E-state index contributed by atoms with van der Waals surface area (Å²) in [5.74, 6) is 1.28. The van der Waals surface area contributed by atoms with E-state index in [9.17, 15) is 4.79 Å². The first kappa shape index (κ1) is 14.5. The van der Waals surface area contributed by atoms with Gasteiger partial charge in [0.15, 0.2) is 5.75 Å². The number of nitrogens with one attached hydrogen (secondary N) is 2. The molecule has 1 aromatic rings. The van der Waals surface area contributed by atoms with E-state index in [0.29, 0.717) is 17.6 Å². The van der Waals surface area contributed by atoms with Crippen molar-refractivity contribution in [2.24, 2.45) is 0 Å². The van der Waals surface area contributed by atoms with E-state index in [1.807, 2.05) is 18.7 Å². The van der Waals surface area contributed by atoms with E-state index >= 15 is 0 Å². The van der Waals surface area contributed by atoms with Crippen molar-refractivity contribution in [1.29, 1.82) is 0 Å². The Morgan fingerprint density at radius 3 is 3.11 bits per heavy atom. The van der Waals surface area contributed by atoms with Gasteiger partial charge in [0.05, 0.1) is 6.61 Å². The van der Waals surface area contributed by atoms with Crippen LogP contribution in [0.15, 0.2) is 17.1 Å². The summed E-state index contributed by atoms with van der Waals surface area (Å²) in [6.07, 6.45) is 5.11. The lowest BCUT2D eigenvalue weighted by atomic mass is 10.2. The van der Waals surface area contributed by atoms with Gasteiger partial charge in [-0.1, -0.05) is 6.92 Å². The lowest BCUT2D eigenvalue weighted by Crippen LogP contribution is -2.31. The first-order valence-electron chi connectivity index (χ1n) is 6.96. The summed E-state index contributed by atoms with van der Waals surface area (Å²) in [4.78, 5) is 15.0. The molecule has 2 rings (SSSR count). The zero-order valence-electron chi connectivity index (χ0n) is 11.4. The second-order valence-corrected chi connectivity index (χ2v) is 6.10. The number of H-pyrrole nitrogens is 1. The molecule has 1 aliphatic heterocycles. The van der Waals surface area contributed by atoms with E-state index in [4.69, 9.17) is 4.74 Å². The van der Waals surface area contributed by atoms with Crippen LogP contribution in [-0.4, -0.2) is 29.9 Å². The summed E-state index contributed by atoms with van der Waals surface area (Å²) >= 11 is 1.91. The largest absolute Gasteiger partial charge is 0.488 e. The van der Waals surface area contributed by atoms with E-state index in [1.165, 1.54) is 12.8 Å². The summed E-state index contributed by atoms with van der Waals surface area (Å²) in [7, 11) is 0. The molecule has 1 saturated heterocycles. The standard InChI is InChI=1S/C14H22N2O2S/c1-2-6-18-14-9-16-11(7-13(14)17)10-19-12-4-3-5-15-8-12/h7,9,12,15H,2-6,8,10H2,1H3,(H,16,17). The van der Waals surface area contributed by atoms with Crippen molar-refractivity contribution in [1.82, 2.24) is 10.3 Å². The molecule has 5 heteroatoms. The molecule has 0 amide bonds. The second-order valence-electron chi connectivity index (χ2n) is 4.81. The smallest absolute Gasteiger partial charge is 0.223 e. The quantitative estimate of drug-likeness (QED) is 0.839.